The zero-order chi connectivity index (χ0) is 11.0. The van der Waals surface area contributed by atoms with Crippen LogP contribution < -0.4 is 11.1 Å². The number of nitrogens with two attached hydrogens (primary N) is 1. The van der Waals surface area contributed by atoms with Crippen molar-refractivity contribution in [3.8, 4) is 0 Å². The summed E-state index contributed by atoms with van der Waals surface area (Å²) in [6, 6.07) is -0.905. The van der Waals surface area contributed by atoms with Crippen molar-refractivity contribution in [3.05, 3.63) is 12.7 Å². The Bertz CT molecular complexity index is 217. The average molecular weight is 202 g/mol. The van der Waals surface area contributed by atoms with Crippen molar-refractivity contribution in [3.63, 3.8) is 0 Å². The summed E-state index contributed by atoms with van der Waals surface area (Å²) in [5.74, 6) is -0.713. The molecule has 0 aliphatic carbocycles. The molecule has 1 atom stereocenters. The lowest BCUT2D eigenvalue weighted by Crippen LogP contribution is -2.45. The van der Waals surface area contributed by atoms with Gasteiger partial charge in [0.2, 0.25) is 5.91 Å². The molecular formula is C8H14N2O4. The zero-order valence-corrected chi connectivity index (χ0v) is 7.73. The number of hydrogen-bond acceptors (Lipinski definition) is 4. The van der Waals surface area contributed by atoms with Gasteiger partial charge in [0.25, 0.3) is 0 Å². The molecular weight excluding hydrogens is 188 g/mol. The molecule has 0 rings (SSSR count). The van der Waals surface area contributed by atoms with E-state index in [9.17, 15) is 9.59 Å². The molecule has 0 spiro atoms. The number of nitrogens with one attached hydrogen (secondary N) is 1. The van der Waals surface area contributed by atoms with Crippen LogP contribution in [0.25, 0.3) is 0 Å². The molecule has 14 heavy (non-hydrogen) atoms. The van der Waals surface area contributed by atoms with Gasteiger partial charge in [0.05, 0.1) is 0 Å². The molecule has 0 aliphatic rings. The quantitative estimate of drug-likeness (QED) is 0.487. The maximum absolute atomic E-state index is 10.9. The SMILES string of the molecule is C=CCOC(=O)N[C@@H](CCO)C(N)=O. The minimum absolute atomic E-state index is 0.0520. The van der Waals surface area contributed by atoms with E-state index in [1.165, 1.54) is 6.08 Å². The zero-order valence-electron chi connectivity index (χ0n) is 7.73. The van der Waals surface area contributed by atoms with Gasteiger partial charge in [-0.15, -0.1) is 0 Å². The van der Waals surface area contributed by atoms with E-state index in [1.807, 2.05) is 0 Å². The van der Waals surface area contributed by atoms with Crippen LogP contribution in [0.2, 0.25) is 0 Å². The normalized spacial score (nSPS) is 11.5. The summed E-state index contributed by atoms with van der Waals surface area (Å²) in [5.41, 5.74) is 4.96. The third kappa shape index (κ3) is 5.15. The van der Waals surface area contributed by atoms with Gasteiger partial charge in [0.1, 0.15) is 12.6 Å². The fraction of sp³-hybridized carbons (Fsp3) is 0.500. The van der Waals surface area contributed by atoms with Crippen molar-refractivity contribution in [2.45, 2.75) is 12.5 Å². The molecule has 0 aromatic heterocycles. The maximum atomic E-state index is 10.9. The number of aliphatic hydroxyl groups excluding tert-OH is 1. The van der Waals surface area contributed by atoms with E-state index in [1.54, 1.807) is 0 Å². The fourth-order valence-corrected chi connectivity index (χ4v) is 0.733. The van der Waals surface area contributed by atoms with E-state index in [0.717, 1.165) is 0 Å². The Morgan fingerprint density at radius 1 is 1.64 bits per heavy atom. The van der Waals surface area contributed by atoms with Crippen molar-refractivity contribution < 1.29 is 19.4 Å². The molecule has 0 saturated heterocycles. The molecule has 0 unspecified atom stereocenters. The largest absolute Gasteiger partial charge is 0.445 e. The van der Waals surface area contributed by atoms with E-state index in [2.05, 4.69) is 16.6 Å². The monoisotopic (exact) mass is 202 g/mol. The molecule has 0 aromatic carbocycles. The summed E-state index contributed by atoms with van der Waals surface area (Å²) < 4.78 is 4.56. The first-order valence-electron chi connectivity index (χ1n) is 4.06. The van der Waals surface area contributed by atoms with Gasteiger partial charge in [-0.25, -0.2) is 4.79 Å². The van der Waals surface area contributed by atoms with Crippen LogP contribution in [0, 0.1) is 0 Å². The van der Waals surface area contributed by atoms with Crippen molar-refractivity contribution >= 4 is 12.0 Å². The van der Waals surface area contributed by atoms with Gasteiger partial charge < -0.3 is 20.9 Å². The van der Waals surface area contributed by atoms with E-state index < -0.39 is 18.0 Å². The van der Waals surface area contributed by atoms with Crippen molar-refractivity contribution in [1.29, 1.82) is 0 Å². The van der Waals surface area contributed by atoms with Gasteiger partial charge in [-0.05, 0) is 6.42 Å². The van der Waals surface area contributed by atoms with Crippen LogP contribution in [0.15, 0.2) is 12.7 Å². The lowest BCUT2D eigenvalue weighted by atomic mass is 10.2. The van der Waals surface area contributed by atoms with Crippen LogP contribution in [-0.4, -0.2) is 36.4 Å². The molecule has 2 amide bonds. The van der Waals surface area contributed by atoms with Crippen molar-refractivity contribution in [1.82, 2.24) is 5.32 Å². The Kier molecular flexibility index (Phi) is 6.13. The Labute approximate surface area is 81.7 Å². The van der Waals surface area contributed by atoms with E-state index in [0.29, 0.717) is 0 Å². The summed E-state index contributed by atoms with van der Waals surface area (Å²) >= 11 is 0. The Balaban J connectivity index is 3.95. The topological polar surface area (TPSA) is 102 Å². The second-order valence-electron chi connectivity index (χ2n) is 2.50. The number of aliphatic hydroxyl groups is 1. The number of carbonyl (C=O) groups excluding carboxylic acids is 2. The van der Waals surface area contributed by atoms with Crippen LogP contribution >= 0.6 is 0 Å². The number of amides is 2. The highest BCUT2D eigenvalue weighted by Gasteiger charge is 2.17. The van der Waals surface area contributed by atoms with Gasteiger partial charge in [-0.1, -0.05) is 12.7 Å². The molecule has 0 aliphatic heterocycles. The summed E-state index contributed by atoms with van der Waals surface area (Å²) in [6.07, 6.45) is 0.700. The van der Waals surface area contributed by atoms with Crippen LogP contribution in [0.4, 0.5) is 4.79 Å². The molecule has 0 aromatic rings. The first kappa shape index (κ1) is 12.4. The van der Waals surface area contributed by atoms with Crippen LogP contribution in [-0.2, 0) is 9.53 Å². The van der Waals surface area contributed by atoms with Crippen LogP contribution in [0.1, 0.15) is 6.42 Å². The number of rotatable bonds is 6. The van der Waals surface area contributed by atoms with Gasteiger partial charge in [-0.2, -0.15) is 0 Å². The molecule has 6 heteroatoms. The van der Waals surface area contributed by atoms with Gasteiger partial charge in [0.15, 0.2) is 0 Å². The summed E-state index contributed by atoms with van der Waals surface area (Å²) in [5, 5.41) is 10.8. The summed E-state index contributed by atoms with van der Waals surface area (Å²) in [6.45, 7) is 3.16. The molecule has 0 bridgehead atoms. The molecule has 0 heterocycles. The first-order chi connectivity index (χ1) is 6.61. The lowest BCUT2D eigenvalue weighted by molar-refractivity contribution is -0.120. The van der Waals surface area contributed by atoms with Gasteiger partial charge in [-0.3, -0.25) is 4.79 Å². The molecule has 6 nitrogen and oxygen atoms in total. The maximum Gasteiger partial charge on any atom is 0.408 e. The molecule has 0 saturated carbocycles. The number of carbonyl (C=O) groups is 2. The third-order valence-corrected chi connectivity index (χ3v) is 1.39. The second kappa shape index (κ2) is 6.90. The number of hydrogen-bond donors (Lipinski definition) is 3. The van der Waals surface area contributed by atoms with E-state index in [-0.39, 0.29) is 19.6 Å². The standard InChI is InChI=1S/C8H14N2O4/c1-2-5-14-8(13)10-6(3-4-11)7(9)12/h2,6,11H,1,3-5H2,(H2,9,12)(H,10,13)/t6-/m0/s1. The Morgan fingerprint density at radius 3 is 2.71 bits per heavy atom. The first-order valence-corrected chi connectivity index (χ1v) is 4.06. The summed E-state index contributed by atoms with van der Waals surface area (Å²) in [7, 11) is 0. The minimum Gasteiger partial charge on any atom is -0.445 e. The molecule has 80 valence electrons. The molecule has 0 radical (unpaired) electrons. The van der Waals surface area contributed by atoms with Crippen LogP contribution in [0.5, 0.6) is 0 Å². The van der Waals surface area contributed by atoms with E-state index >= 15 is 0 Å². The minimum atomic E-state index is -0.905. The Morgan fingerprint density at radius 2 is 2.29 bits per heavy atom. The lowest BCUT2D eigenvalue weighted by Gasteiger charge is -2.13. The molecule has 0 fully saturated rings. The predicted molar refractivity (Wildman–Crippen MR) is 49.4 cm³/mol. The van der Waals surface area contributed by atoms with Crippen molar-refractivity contribution in [2.24, 2.45) is 5.73 Å². The second-order valence-corrected chi connectivity index (χ2v) is 2.50. The highest BCUT2D eigenvalue weighted by Crippen LogP contribution is 1.91. The highest BCUT2D eigenvalue weighted by atomic mass is 16.5. The number of alkyl carbamates (subject to hydrolysis) is 1. The average Bonchev–Trinajstić information content (AvgIpc) is 2.14. The smallest absolute Gasteiger partial charge is 0.408 e. The van der Waals surface area contributed by atoms with Crippen molar-refractivity contribution in [2.75, 3.05) is 13.2 Å². The third-order valence-electron chi connectivity index (χ3n) is 1.39. The number of primary amides is 1. The molecule has 4 N–H and O–H groups in total. The summed E-state index contributed by atoms with van der Waals surface area (Å²) in [4.78, 5) is 21.6. The van der Waals surface area contributed by atoms with Gasteiger partial charge >= 0.3 is 6.09 Å². The fourth-order valence-electron chi connectivity index (χ4n) is 0.733. The highest BCUT2D eigenvalue weighted by molar-refractivity contribution is 5.84. The van der Waals surface area contributed by atoms with E-state index in [4.69, 9.17) is 10.8 Å². The van der Waals surface area contributed by atoms with Crippen LogP contribution in [0.3, 0.4) is 0 Å². The predicted octanol–water partition coefficient (Wildman–Crippen LogP) is -0.865. The number of ether oxygens (including phenoxy) is 1. The Hall–Kier alpha value is -1.56. The van der Waals surface area contributed by atoms with Gasteiger partial charge in [0, 0.05) is 6.61 Å².